The molecule has 5 heteroatoms. The van der Waals surface area contributed by atoms with Crippen molar-refractivity contribution in [2.75, 3.05) is 5.32 Å². The summed E-state index contributed by atoms with van der Waals surface area (Å²) in [4.78, 5) is 16.7. The second-order valence-electron chi connectivity index (χ2n) is 6.23. The molecule has 1 fully saturated rings. The van der Waals surface area contributed by atoms with E-state index in [9.17, 15) is 4.79 Å². The third-order valence-electron chi connectivity index (χ3n) is 4.34. The van der Waals surface area contributed by atoms with Crippen LogP contribution in [0, 0.1) is 0 Å². The summed E-state index contributed by atoms with van der Waals surface area (Å²) in [6, 6.07) is 9.58. The molecule has 0 spiro atoms. The molecule has 0 bridgehead atoms. The molecule has 2 aromatic rings. The number of para-hydroxylation sites is 1. The number of rotatable bonds is 4. The van der Waals surface area contributed by atoms with E-state index < -0.39 is 0 Å². The summed E-state index contributed by atoms with van der Waals surface area (Å²) in [5, 5.41) is 6.98. The maximum Gasteiger partial charge on any atom is 0.253 e. The van der Waals surface area contributed by atoms with Gasteiger partial charge in [0.25, 0.3) is 5.91 Å². The summed E-state index contributed by atoms with van der Waals surface area (Å²) in [6.45, 7) is 0. The average Bonchev–Trinajstić information content (AvgIpc) is 2.86. The highest BCUT2D eigenvalue weighted by Crippen LogP contribution is 2.25. The third-order valence-corrected chi connectivity index (χ3v) is 4.67. The summed E-state index contributed by atoms with van der Waals surface area (Å²) in [5.74, 6) is -0.0581. The Kier molecular flexibility index (Phi) is 5.70. The SMILES string of the molecule is O=C(NC1CCCCCC1)c1cncc(Nc2ccccc2Cl)c1. The molecule has 0 unspecified atom stereocenters. The van der Waals surface area contributed by atoms with Gasteiger partial charge in [-0.3, -0.25) is 9.78 Å². The van der Waals surface area contributed by atoms with Crippen LogP contribution in [0.1, 0.15) is 48.9 Å². The van der Waals surface area contributed by atoms with Gasteiger partial charge in [0.1, 0.15) is 0 Å². The quantitative estimate of drug-likeness (QED) is 0.774. The highest BCUT2D eigenvalue weighted by molar-refractivity contribution is 6.33. The molecule has 126 valence electrons. The minimum absolute atomic E-state index is 0.0581. The van der Waals surface area contributed by atoms with E-state index in [1.54, 1.807) is 12.4 Å². The van der Waals surface area contributed by atoms with Crippen LogP contribution in [-0.2, 0) is 0 Å². The zero-order chi connectivity index (χ0) is 16.8. The fraction of sp³-hybridized carbons (Fsp3) is 0.368. The van der Waals surface area contributed by atoms with E-state index in [1.807, 2.05) is 30.3 Å². The zero-order valence-electron chi connectivity index (χ0n) is 13.6. The first-order chi connectivity index (χ1) is 11.7. The van der Waals surface area contributed by atoms with Gasteiger partial charge < -0.3 is 10.6 Å². The van der Waals surface area contributed by atoms with Crippen LogP contribution in [0.25, 0.3) is 0 Å². The van der Waals surface area contributed by atoms with Gasteiger partial charge in [-0.2, -0.15) is 0 Å². The summed E-state index contributed by atoms with van der Waals surface area (Å²) >= 11 is 6.16. The average molecular weight is 344 g/mol. The van der Waals surface area contributed by atoms with Crippen LogP contribution >= 0.6 is 11.6 Å². The lowest BCUT2D eigenvalue weighted by molar-refractivity contribution is 0.0933. The summed E-state index contributed by atoms with van der Waals surface area (Å²) in [5.41, 5.74) is 2.11. The zero-order valence-corrected chi connectivity index (χ0v) is 14.4. The predicted molar refractivity (Wildman–Crippen MR) is 97.9 cm³/mol. The molecule has 1 aromatic heterocycles. The molecule has 0 saturated heterocycles. The fourth-order valence-electron chi connectivity index (χ4n) is 3.04. The lowest BCUT2D eigenvalue weighted by Crippen LogP contribution is -2.34. The summed E-state index contributed by atoms with van der Waals surface area (Å²) < 4.78 is 0. The van der Waals surface area contributed by atoms with Gasteiger partial charge in [0.2, 0.25) is 0 Å². The first-order valence-electron chi connectivity index (χ1n) is 8.50. The first-order valence-corrected chi connectivity index (χ1v) is 8.87. The van der Waals surface area contributed by atoms with Gasteiger partial charge in [0, 0.05) is 12.2 Å². The molecule has 24 heavy (non-hydrogen) atoms. The monoisotopic (exact) mass is 343 g/mol. The molecule has 1 aliphatic carbocycles. The number of aromatic nitrogens is 1. The molecule has 4 nitrogen and oxygen atoms in total. The molecule has 2 N–H and O–H groups in total. The fourth-order valence-corrected chi connectivity index (χ4v) is 3.23. The second kappa shape index (κ2) is 8.15. The molecule has 1 aliphatic rings. The number of carbonyl (C=O) groups is 1. The van der Waals surface area contributed by atoms with Gasteiger partial charge in [-0.05, 0) is 31.0 Å². The van der Waals surface area contributed by atoms with Crippen molar-refractivity contribution < 1.29 is 4.79 Å². The van der Waals surface area contributed by atoms with Gasteiger partial charge in [-0.1, -0.05) is 49.4 Å². The molecule has 0 aliphatic heterocycles. The van der Waals surface area contributed by atoms with E-state index in [4.69, 9.17) is 11.6 Å². The Bertz CT molecular complexity index is 697. The van der Waals surface area contributed by atoms with Gasteiger partial charge in [-0.25, -0.2) is 0 Å². The van der Waals surface area contributed by atoms with Crippen LogP contribution in [0.2, 0.25) is 5.02 Å². The third kappa shape index (κ3) is 4.48. The van der Waals surface area contributed by atoms with E-state index in [2.05, 4.69) is 15.6 Å². The molecule has 1 saturated carbocycles. The normalized spacial score (nSPS) is 15.5. The molecule has 1 heterocycles. The lowest BCUT2D eigenvalue weighted by Gasteiger charge is -2.16. The maximum atomic E-state index is 12.5. The highest BCUT2D eigenvalue weighted by atomic mass is 35.5. The Balaban J connectivity index is 1.68. The number of pyridine rings is 1. The molecule has 3 rings (SSSR count). The van der Waals surface area contributed by atoms with E-state index in [0.717, 1.165) is 24.2 Å². The Labute approximate surface area is 147 Å². The van der Waals surface area contributed by atoms with Crippen molar-refractivity contribution in [3.05, 3.63) is 53.3 Å². The number of nitrogens with zero attached hydrogens (tertiary/aromatic N) is 1. The van der Waals surface area contributed by atoms with Crippen LogP contribution in [0.4, 0.5) is 11.4 Å². The van der Waals surface area contributed by atoms with Crippen LogP contribution in [0.3, 0.4) is 0 Å². The Morgan fingerprint density at radius 2 is 1.83 bits per heavy atom. The Hall–Kier alpha value is -2.07. The highest BCUT2D eigenvalue weighted by Gasteiger charge is 2.16. The lowest BCUT2D eigenvalue weighted by atomic mass is 10.1. The van der Waals surface area contributed by atoms with Crippen molar-refractivity contribution in [1.29, 1.82) is 0 Å². The topological polar surface area (TPSA) is 54.0 Å². The summed E-state index contributed by atoms with van der Waals surface area (Å²) in [7, 11) is 0. The number of hydrogen-bond donors (Lipinski definition) is 2. The van der Waals surface area contributed by atoms with Crippen molar-refractivity contribution in [3.8, 4) is 0 Å². The van der Waals surface area contributed by atoms with E-state index in [0.29, 0.717) is 10.6 Å². The van der Waals surface area contributed by atoms with Crippen LogP contribution in [0.15, 0.2) is 42.7 Å². The predicted octanol–water partition coefficient (Wildman–Crippen LogP) is 4.93. The van der Waals surface area contributed by atoms with Crippen LogP contribution in [0.5, 0.6) is 0 Å². The minimum atomic E-state index is -0.0581. The number of nitrogens with one attached hydrogen (secondary N) is 2. The number of hydrogen-bond acceptors (Lipinski definition) is 3. The Morgan fingerprint density at radius 1 is 1.08 bits per heavy atom. The first kappa shape index (κ1) is 16.8. The van der Waals surface area contributed by atoms with Crippen molar-refractivity contribution in [1.82, 2.24) is 10.3 Å². The van der Waals surface area contributed by atoms with Gasteiger partial charge in [0.15, 0.2) is 0 Å². The molecule has 1 amide bonds. The number of benzene rings is 1. The maximum absolute atomic E-state index is 12.5. The largest absolute Gasteiger partial charge is 0.353 e. The van der Waals surface area contributed by atoms with Crippen molar-refractivity contribution in [2.24, 2.45) is 0 Å². The smallest absolute Gasteiger partial charge is 0.253 e. The Morgan fingerprint density at radius 3 is 2.58 bits per heavy atom. The van der Waals surface area contributed by atoms with E-state index in [1.165, 1.54) is 25.7 Å². The van der Waals surface area contributed by atoms with Crippen molar-refractivity contribution >= 4 is 28.9 Å². The van der Waals surface area contributed by atoms with E-state index in [-0.39, 0.29) is 11.9 Å². The standard InChI is InChI=1S/C19H22ClN3O/c20-17-9-5-6-10-18(17)22-16-11-14(12-21-13-16)19(24)23-15-7-3-1-2-4-8-15/h5-6,9-13,15,22H,1-4,7-8H2,(H,23,24). The summed E-state index contributed by atoms with van der Waals surface area (Å²) in [6.07, 6.45) is 10.3. The van der Waals surface area contributed by atoms with Gasteiger partial charge >= 0.3 is 0 Å². The van der Waals surface area contributed by atoms with Crippen molar-refractivity contribution in [2.45, 2.75) is 44.6 Å². The molecular weight excluding hydrogens is 322 g/mol. The molecule has 0 radical (unpaired) electrons. The number of halogens is 1. The van der Waals surface area contributed by atoms with Gasteiger partial charge in [0.05, 0.1) is 28.2 Å². The minimum Gasteiger partial charge on any atom is -0.353 e. The second-order valence-corrected chi connectivity index (χ2v) is 6.64. The van der Waals surface area contributed by atoms with Crippen molar-refractivity contribution in [3.63, 3.8) is 0 Å². The number of amides is 1. The number of carbonyl (C=O) groups excluding carboxylic acids is 1. The van der Waals surface area contributed by atoms with Crippen LogP contribution < -0.4 is 10.6 Å². The van der Waals surface area contributed by atoms with Crippen LogP contribution in [-0.4, -0.2) is 16.9 Å². The molecule has 0 atom stereocenters. The molecular formula is C19H22ClN3O. The number of anilines is 2. The van der Waals surface area contributed by atoms with E-state index >= 15 is 0 Å². The molecule has 1 aromatic carbocycles. The van der Waals surface area contributed by atoms with Gasteiger partial charge in [-0.15, -0.1) is 0 Å².